The van der Waals surface area contributed by atoms with Crippen LogP contribution in [0, 0.1) is 0 Å². The molecule has 0 aromatic heterocycles. The summed E-state index contributed by atoms with van der Waals surface area (Å²) in [5.74, 6) is -0.797. The van der Waals surface area contributed by atoms with Crippen LogP contribution in [0.4, 0.5) is 0 Å². The Bertz CT molecular complexity index is 1670. The molecule has 0 radical (unpaired) electrons. The van der Waals surface area contributed by atoms with Gasteiger partial charge in [0.05, 0.1) is 27.7 Å². The minimum Gasteiger partial charge on any atom is -0.756 e. The number of ether oxygens (including phenoxy) is 2. The van der Waals surface area contributed by atoms with Gasteiger partial charge in [-0.25, -0.2) is 0 Å². The second-order valence-corrected chi connectivity index (χ2v) is 35.2. The molecular formula is C92H184NO8P. The van der Waals surface area contributed by atoms with E-state index in [-0.39, 0.29) is 32.0 Å². The minimum atomic E-state index is -4.64. The van der Waals surface area contributed by atoms with Gasteiger partial charge in [0.2, 0.25) is 0 Å². The number of quaternary nitrogens is 1. The zero-order valence-electron chi connectivity index (χ0n) is 70.1. The molecule has 0 aliphatic carbocycles. The van der Waals surface area contributed by atoms with Gasteiger partial charge in [-0.1, -0.05) is 502 Å². The van der Waals surface area contributed by atoms with Crippen LogP contribution in [-0.4, -0.2) is 70.0 Å². The maximum Gasteiger partial charge on any atom is 0.306 e. The van der Waals surface area contributed by atoms with Crippen molar-refractivity contribution < 1.29 is 42.1 Å². The standard InChI is InChI=1S/C92H184NO8P/c1-6-8-10-12-14-16-18-20-22-24-26-28-30-32-34-36-38-40-42-44-46-47-49-51-53-55-57-59-61-63-65-67-69-71-73-75-77-79-81-83-85-92(95)101-90(89-100-102(96,97)99-87-86-93(3,4)5)88-98-91(94)84-82-80-78-76-74-72-70-68-66-64-62-60-58-56-54-52-50-48-45-43-41-39-37-35-33-31-29-27-25-23-21-19-17-15-13-11-9-7-2/h90H,6-89H2,1-5H3. The molecule has 0 saturated heterocycles. The first kappa shape index (κ1) is 101. The molecule has 0 heterocycles. The number of carbonyl (C=O) groups is 2. The lowest BCUT2D eigenvalue weighted by molar-refractivity contribution is -0.870. The van der Waals surface area contributed by atoms with Gasteiger partial charge in [-0.2, -0.15) is 0 Å². The molecule has 0 amide bonds. The van der Waals surface area contributed by atoms with Gasteiger partial charge in [0, 0.05) is 12.8 Å². The van der Waals surface area contributed by atoms with E-state index in [0.717, 1.165) is 32.1 Å². The monoisotopic (exact) mass is 1460 g/mol. The lowest BCUT2D eigenvalue weighted by atomic mass is 10.0. The van der Waals surface area contributed by atoms with Gasteiger partial charge >= 0.3 is 11.9 Å². The Morgan fingerprint density at radius 3 is 0.627 bits per heavy atom. The predicted molar refractivity (Wildman–Crippen MR) is 444 cm³/mol. The van der Waals surface area contributed by atoms with Crippen molar-refractivity contribution in [2.24, 2.45) is 0 Å². The van der Waals surface area contributed by atoms with Gasteiger partial charge in [0.1, 0.15) is 19.8 Å². The number of nitrogens with zero attached hydrogens (tertiary/aromatic N) is 1. The Morgan fingerprint density at radius 2 is 0.441 bits per heavy atom. The first-order chi connectivity index (χ1) is 50.0. The topological polar surface area (TPSA) is 111 Å². The van der Waals surface area contributed by atoms with Crippen LogP contribution in [0.1, 0.15) is 528 Å². The molecule has 102 heavy (non-hydrogen) atoms. The average molecular weight is 1460 g/mol. The van der Waals surface area contributed by atoms with Crippen LogP contribution in [-0.2, 0) is 32.7 Å². The normalized spacial score (nSPS) is 12.8. The number of hydrogen-bond donors (Lipinski definition) is 0. The largest absolute Gasteiger partial charge is 0.756 e. The van der Waals surface area contributed by atoms with E-state index in [1.807, 2.05) is 21.1 Å². The van der Waals surface area contributed by atoms with Gasteiger partial charge in [-0.05, 0) is 12.8 Å². The number of phosphoric acid groups is 1. The Morgan fingerprint density at radius 1 is 0.265 bits per heavy atom. The number of carbonyl (C=O) groups excluding carboxylic acids is 2. The van der Waals surface area contributed by atoms with E-state index < -0.39 is 26.5 Å². The third-order valence-electron chi connectivity index (χ3n) is 22.1. The van der Waals surface area contributed by atoms with Crippen molar-refractivity contribution in [1.29, 1.82) is 0 Å². The highest BCUT2D eigenvalue weighted by atomic mass is 31.2. The lowest BCUT2D eigenvalue weighted by Gasteiger charge is -2.28. The Hall–Kier alpha value is -0.990. The highest BCUT2D eigenvalue weighted by molar-refractivity contribution is 7.45. The number of rotatable bonds is 90. The van der Waals surface area contributed by atoms with Gasteiger partial charge in [0.25, 0.3) is 7.82 Å². The zero-order valence-corrected chi connectivity index (χ0v) is 71.0. The van der Waals surface area contributed by atoms with Crippen molar-refractivity contribution >= 4 is 19.8 Å². The second kappa shape index (κ2) is 84.0. The maximum absolute atomic E-state index is 12.9. The second-order valence-electron chi connectivity index (χ2n) is 33.8. The van der Waals surface area contributed by atoms with Gasteiger partial charge in [-0.3, -0.25) is 14.2 Å². The molecular weight excluding hydrogens is 1280 g/mol. The van der Waals surface area contributed by atoms with E-state index in [1.54, 1.807) is 0 Å². The van der Waals surface area contributed by atoms with Crippen LogP contribution in [0.15, 0.2) is 0 Å². The molecule has 0 saturated carbocycles. The Labute approximate surface area is 639 Å². The molecule has 9 nitrogen and oxygen atoms in total. The molecule has 2 atom stereocenters. The molecule has 0 aliphatic heterocycles. The van der Waals surface area contributed by atoms with E-state index in [2.05, 4.69) is 13.8 Å². The van der Waals surface area contributed by atoms with Crippen molar-refractivity contribution in [3.05, 3.63) is 0 Å². The first-order valence-corrected chi connectivity index (χ1v) is 48.2. The fourth-order valence-electron chi connectivity index (χ4n) is 15.0. The summed E-state index contributed by atoms with van der Waals surface area (Å²) in [6, 6.07) is 0. The lowest BCUT2D eigenvalue weighted by Crippen LogP contribution is -2.37. The molecule has 610 valence electrons. The van der Waals surface area contributed by atoms with Gasteiger partial charge in [-0.15, -0.1) is 0 Å². The third-order valence-corrected chi connectivity index (χ3v) is 23.1. The summed E-state index contributed by atoms with van der Waals surface area (Å²) in [5.41, 5.74) is 0. The molecule has 0 spiro atoms. The van der Waals surface area contributed by atoms with Gasteiger partial charge in [0.15, 0.2) is 6.10 Å². The summed E-state index contributed by atoms with van der Waals surface area (Å²) in [6.07, 6.45) is 107. The van der Waals surface area contributed by atoms with Crippen LogP contribution in [0.5, 0.6) is 0 Å². The molecule has 0 aromatic rings. The molecule has 0 fully saturated rings. The Kier molecular flexibility index (Phi) is 83.2. The molecule has 0 rings (SSSR count). The minimum absolute atomic E-state index is 0.0245. The fraction of sp³-hybridized carbons (Fsp3) is 0.978. The number of likely N-dealkylation sites (N-methyl/N-ethyl adjacent to an activating group) is 1. The van der Waals surface area contributed by atoms with E-state index in [1.165, 1.54) is 462 Å². The molecule has 0 bridgehead atoms. The molecule has 0 N–H and O–H groups in total. The molecule has 0 aliphatic rings. The summed E-state index contributed by atoms with van der Waals surface area (Å²) in [7, 11) is 1.20. The highest BCUT2D eigenvalue weighted by Gasteiger charge is 2.22. The summed E-state index contributed by atoms with van der Waals surface area (Å²) in [6.45, 7) is 4.36. The smallest absolute Gasteiger partial charge is 0.306 e. The van der Waals surface area contributed by atoms with Crippen molar-refractivity contribution in [3.8, 4) is 0 Å². The summed E-state index contributed by atoms with van der Waals surface area (Å²) < 4.78 is 34.5. The number of hydrogen-bond acceptors (Lipinski definition) is 8. The molecule has 10 heteroatoms. The first-order valence-electron chi connectivity index (χ1n) is 46.7. The number of esters is 2. The summed E-state index contributed by atoms with van der Waals surface area (Å²) in [5, 5.41) is 0. The van der Waals surface area contributed by atoms with Crippen molar-refractivity contribution in [2.75, 3.05) is 47.5 Å². The fourth-order valence-corrected chi connectivity index (χ4v) is 15.8. The van der Waals surface area contributed by atoms with Crippen molar-refractivity contribution in [1.82, 2.24) is 0 Å². The van der Waals surface area contributed by atoms with E-state index >= 15 is 0 Å². The number of phosphoric ester groups is 1. The highest BCUT2D eigenvalue weighted by Crippen LogP contribution is 2.38. The van der Waals surface area contributed by atoms with Gasteiger partial charge < -0.3 is 27.9 Å². The number of unbranched alkanes of at least 4 members (excludes halogenated alkanes) is 76. The summed E-state index contributed by atoms with van der Waals surface area (Å²) >= 11 is 0. The Balaban J connectivity index is 3.79. The van der Waals surface area contributed by atoms with E-state index in [9.17, 15) is 19.0 Å². The summed E-state index contributed by atoms with van der Waals surface area (Å²) in [4.78, 5) is 38.3. The van der Waals surface area contributed by atoms with Crippen molar-refractivity contribution in [3.63, 3.8) is 0 Å². The maximum atomic E-state index is 12.9. The van der Waals surface area contributed by atoms with Crippen LogP contribution in [0.3, 0.4) is 0 Å². The average Bonchev–Trinajstić information content (AvgIpc) is 0.914. The zero-order chi connectivity index (χ0) is 74.0. The molecule has 2 unspecified atom stereocenters. The van der Waals surface area contributed by atoms with Crippen molar-refractivity contribution in [2.45, 2.75) is 534 Å². The van der Waals surface area contributed by atoms with Crippen LogP contribution in [0.25, 0.3) is 0 Å². The van der Waals surface area contributed by atoms with Crippen LogP contribution < -0.4 is 4.89 Å². The quantitative estimate of drug-likeness (QED) is 0.0256. The predicted octanol–water partition coefficient (Wildman–Crippen LogP) is 30.9. The SMILES string of the molecule is CCCCCCCCCCCCCCCCCCCCCCCCCCCCCCCCCCCCCCCCCCC(=O)OC(COC(=O)CCCCCCCCCCCCCCCCCCCCCCCCCCCCCCCCCCCCCCCC)COP(=O)([O-])OCC[N+](C)(C)C. The van der Waals surface area contributed by atoms with Crippen LogP contribution in [0.2, 0.25) is 0 Å². The van der Waals surface area contributed by atoms with E-state index in [4.69, 9.17) is 18.5 Å². The molecule has 0 aromatic carbocycles. The third kappa shape index (κ3) is 87.9. The van der Waals surface area contributed by atoms with Crippen LogP contribution >= 0.6 is 7.82 Å². The van der Waals surface area contributed by atoms with E-state index in [0.29, 0.717) is 17.4 Å².